The molecule has 0 bridgehead atoms. The van der Waals surface area contributed by atoms with Gasteiger partial charge in [-0.15, -0.1) is 0 Å². The number of nitrogens with zero attached hydrogens (tertiary/aromatic N) is 2. The van der Waals surface area contributed by atoms with Crippen LogP contribution >= 0.6 is 0 Å². The van der Waals surface area contributed by atoms with Crippen LogP contribution in [0.3, 0.4) is 0 Å². The molecule has 2 N–H and O–H groups in total. The van der Waals surface area contributed by atoms with Gasteiger partial charge in [-0.1, -0.05) is 18.6 Å². The van der Waals surface area contributed by atoms with Crippen molar-refractivity contribution in [1.29, 1.82) is 0 Å². The summed E-state index contributed by atoms with van der Waals surface area (Å²) in [6, 6.07) is 7.46. The first-order valence-corrected chi connectivity index (χ1v) is 6.48. The summed E-state index contributed by atoms with van der Waals surface area (Å²) in [5.41, 5.74) is 0.658. The predicted molar refractivity (Wildman–Crippen MR) is 72.3 cm³/mol. The number of hydrogen-bond acceptors (Lipinski definition) is 4. The minimum Gasteiger partial charge on any atom is -0.475 e. The topological polar surface area (TPSA) is 75.1 Å². The molecule has 0 unspecified atom stereocenters. The molecular weight excluding hydrogens is 242 g/mol. The fourth-order valence-electron chi connectivity index (χ4n) is 2.24. The van der Waals surface area contributed by atoms with Crippen molar-refractivity contribution in [2.45, 2.75) is 19.3 Å². The van der Waals surface area contributed by atoms with Crippen molar-refractivity contribution in [3.05, 3.63) is 30.1 Å². The number of benzene rings is 1. The molecule has 2 aromatic rings. The van der Waals surface area contributed by atoms with Crippen LogP contribution in [0, 0.1) is 5.92 Å². The van der Waals surface area contributed by atoms with Gasteiger partial charge < -0.3 is 10.4 Å². The number of carboxylic acid groups (broad SMARTS) is 1. The van der Waals surface area contributed by atoms with Gasteiger partial charge in [0.2, 0.25) is 5.82 Å². The molecule has 19 heavy (non-hydrogen) atoms. The Morgan fingerprint density at radius 2 is 2.11 bits per heavy atom. The zero-order valence-electron chi connectivity index (χ0n) is 10.5. The Bertz CT molecular complexity index is 623. The van der Waals surface area contributed by atoms with Crippen molar-refractivity contribution in [2.24, 2.45) is 5.92 Å². The highest BCUT2D eigenvalue weighted by atomic mass is 16.4. The normalized spacial score (nSPS) is 15.2. The van der Waals surface area contributed by atoms with Crippen molar-refractivity contribution >= 4 is 22.7 Å². The van der Waals surface area contributed by atoms with E-state index in [0.29, 0.717) is 17.3 Å². The fraction of sp³-hybridized carbons (Fsp3) is 0.357. The number of rotatable bonds is 4. The summed E-state index contributed by atoms with van der Waals surface area (Å²) in [6.45, 7) is 0.847. The molecule has 0 spiro atoms. The van der Waals surface area contributed by atoms with Crippen LogP contribution in [0.5, 0.6) is 0 Å². The van der Waals surface area contributed by atoms with Gasteiger partial charge in [0, 0.05) is 11.9 Å². The van der Waals surface area contributed by atoms with Crippen molar-refractivity contribution in [2.75, 3.05) is 11.9 Å². The maximum atomic E-state index is 11.0. The third-order valence-corrected chi connectivity index (χ3v) is 3.58. The molecule has 1 saturated carbocycles. The van der Waals surface area contributed by atoms with E-state index in [0.717, 1.165) is 11.9 Å². The van der Waals surface area contributed by atoms with Gasteiger partial charge in [0.25, 0.3) is 0 Å². The number of carboxylic acids is 1. The quantitative estimate of drug-likeness (QED) is 0.880. The molecular formula is C14H15N3O2. The smallest absolute Gasteiger partial charge is 0.374 e. The molecule has 0 radical (unpaired) electrons. The summed E-state index contributed by atoms with van der Waals surface area (Å²) in [6.07, 6.45) is 3.76. The van der Waals surface area contributed by atoms with Gasteiger partial charge in [-0.05, 0) is 30.9 Å². The molecule has 0 atom stereocenters. The van der Waals surface area contributed by atoms with Crippen LogP contribution in [-0.4, -0.2) is 27.6 Å². The first kappa shape index (κ1) is 11.9. The average molecular weight is 257 g/mol. The zero-order valence-corrected chi connectivity index (χ0v) is 10.5. The first-order valence-electron chi connectivity index (χ1n) is 6.48. The summed E-state index contributed by atoms with van der Waals surface area (Å²) < 4.78 is 0. The van der Waals surface area contributed by atoms with E-state index in [4.69, 9.17) is 5.11 Å². The molecule has 5 nitrogen and oxygen atoms in total. The van der Waals surface area contributed by atoms with Gasteiger partial charge in [0.1, 0.15) is 5.82 Å². The van der Waals surface area contributed by atoms with Crippen LogP contribution in [0.25, 0.3) is 10.9 Å². The fourth-order valence-corrected chi connectivity index (χ4v) is 2.24. The lowest BCUT2D eigenvalue weighted by atomic mass is 9.85. The molecule has 1 fully saturated rings. The molecule has 1 aromatic carbocycles. The largest absolute Gasteiger partial charge is 0.475 e. The van der Waals surface area contributed by atoms with E-state index in [9.17, 15) is 4.79 Å². The van der Waals surface area contributed by atoms with Crippen LogP contribution < -0.4 is 5.32 Å². The lowest BCUT2D eigenvalue weighted by Crippen LogP contribution is -2.22. The Labute approximate surface area is 110 Å². The molecule has 1 aromatic heterocycles. The van der Waals surface area contributed by atoms with Crippen LogP contribution in [0.4, 0.5) is 5.82 Å². The van der Waals surface area contributed by atoms with Crippen molar-refractivity contribution in [3.8, 4) is 0 Å². The second-order valence-electron chi connectivity index (χ2n) is 4.90. The number of aromatic nitrogens is 2. The van der Waals surface area contributed by atoms with E-state index in [-0.39, 0.29) is 5.82 Å². The third kappa shape index (κ3) is 2.36. The summed E-state index contributed by atoms with van der Waals surface area (Å²) in [4.78, 5) is 19.2. The predicted octanol–water partition coefficient (Wildman–Crippen LogP) is 2.54. The molecule has 98 valence electrons. The number of anilines is 1. The highest BCUT2D eigenvalue weighted by molar-refractivity contribution is 5.93. The summed E-state index contributed by atoms with van der Waals surface area (Å²) in [7, 11) is 0. The van der Waals surface area contributed by atoms with Crippen LogP contribution in [0.15, 0.2) is 24.3 Å². The average Bonchev–Trinajstić information content (AvgIpc) is 2.36. The van der Waals surface area contributed by atoms with Crippen LogP contribution in [-0.2, 0) is 0 Å². The van der Waals surface area contributed by atoms with Crippen molar-refractivity contribution in [1.82, 2.24) is 9.97 Å². The SMILES string of the molecule is O=C(O)c1nc(NCC2CCC2)c2ccccc2n1. The molecule has 5 heteroatoms. The highest BCUT2D eigenvalue weighted by Gasteiger charge is 2.18. The standard InChI is InChI=1S/C14H15N3O2/c18-14(19)13-16-11-7-2-1-6-10(11)12(17-13)15-8-9-4-3-5-9/h1-2,6-7,9H,3-5,8H2,(H,18,19)(H,15,16,17). The summed E-state index contributed by atoms with van der Waals surface area (Å²) >= 11 is 0. The minimum absolute atomic E-state index is 0.158. The monoisotopic (exact) mass is 257 g/mol. The summed E-state index contributed by atoms with van der Waals surface area (Å²) in [5, 5.41) is 13.2. The molecule has 3 rings (SSSR count). The van der Waals surface area contributed by atoms with Gasteiger partial charge in [0.15, 0.2) is 0 Å². The number of para-hydroxylation sites is 1. The second-order valence-corrected chi connectivity index (χ2v) is 4.90. The maximum Gasteiger partial charge on any atom is 0.374 e. The van der Waals surface area contributed by atoms with E-state index < -0.39 is 5.97 Å². The Morgan fingerprint density at radius 3 is 2.79 bits per heavy atom. The number of aromatic carboxylic acids is 1. The van der Waals surface area contributed by atoms with Crippen molar-refractivity contribution in [3.63, 3.8) is 0 Å². The number of carbonyl (C=O) groups is 1. The Hall–Kier alpha value is -2.17. The van der Waals surface area contributed by atoms with Gasteiger partial charge in [0.05, 0.1) is 5.52 Å². The summed E-state index contributed by atoms with van der Waals surface area (Å²) in [5.74, 6) is 0.0455. The minimum atomic E-state index is -1.10. The van der Waals surface area contributed by atoms with Gasteiger partial charge in [-0.2, -0.15) is 0 Å². The Kier molecular flexibility index (Phi) is 3.03. The number of fused-ring (bicyclic) bond motifs is 1. The number of nitrogens with one attached hydrogen (secondary N) is 1. The lowest BCUT2D eigenvalue weighted by molar-refractivity contribution is 0.0684. The van der Waals surface area contributed by atoms with E-state index in [1.807, 2.05) is 18.2 Å². The molecule has 1 aliphatic rings. The van der Waals surface area contributed by atoms with E-state index in [2.05, 4.69) is 15.3 Å². The van der Waals surface area contributed by atoms with E-state index in [1.165, 1.54) is 19.3 Å². The van der Waals surface area contributed by atoms with E-state index >= 15 is 0 Å². The maximum absolute atomic E-state index is 11.0. The van der Waals surface area contributed by atoms with Gasteiger partial charge in [-0.3, -0.25) is 0 Å². The Balaban J connectivity index is 1.96. The van der Waals surface area contributed by atoms with Gasteiger partial charge >= 0.3 is 5.97 Å². The highest BCUT2D eigenvalue weighted by Crippen LogP contribution is 2.27. The first-order chi connectivity index (χ1) is 9.24. The second kappa shape index (κ2) is 4.84. The lowest BCUT2D eigenvalue weighted by Gasteiger charge is -2.25. The Morgan fingerprint density at radius 1 is 1.32 bits per heavy atom. The molecule has 1 heterocycles. The van der Waals surface area contributed by atoms with Gasteiger partial charge in [-0.25, -0.2) is 14.8 Å². The van der Waals surface area contributed by atoms with Crippen LogP contribution in [0.1, 0.15) is 29.9 Å². The molecule has 1 aliphatic carbocycles. The third-order valence-electron chi connectivity index (χ3n) is 3.58. The molecule has 0 saturated heterocycles. The van der Waals surface area contributed by atoms with Crippen LogP contribution in [0.2, 0.25) is 0 Å². The van der Waals surface area contributed by atoms with Crippen molar-refractivity contribution < 1.29 is 9.90 Å². The number of hydrogen-bond donors (Lipinski definition) is 2. The zero-order chi connectivity index (χ0) is 13.2. The van der Waals surface area contributed by atoms with E-state index in [1.54, 1.807) is 6.07 Å². The molecule has 0 aliphatic heterocycles. The molecule has 0 amide bonds.